The summed E-state index contributed by atoms with van der Waals surface area (Å²) in [5.74, 6) is 0. The average molecular weight is 355 g/mol. The third-order valence-electron chi connectivity index (χ3n) is 2.07. The number of halogens is 2. The Labute approximate surface area is 123 Å². The third-order valence-corrected chi connectivity index (χ3v) is 4.44. The summed E-state index contributed by atoms with van der Waals surface area (Å²) in [6.45, 7) is 1.84. The highest BCUT2D eigenvalue weighted by Gasteiger charge is 2.05. The molecule has 0 amide bonds. The van der Waals surface area contributed by atoms with Crippen LogP contribution in [-0.2, 0) is 13.1 Å². The Morgan fingerprint density at radius 2 is 2.24 bits per heavy atom. The summed E-state index contributed by atoms with van der Waals surface area (Å²) in [4.78, 5) is 7.50. The Morgan fingerprint density at radius 1 is 1.47 bits per heavy atom. The fourth-order valence-electron chi connectivity index (χ4n) is 1.46. The van der Waals surface area contributed by atoms with Gasteiger partial charge in [0.25, 0.3) is 0 Å². The zero-order chi connectivity index (χ0) is 11.5. The van der Waals surface area contributed by atoms with E-state index in [1.165, 1.54) is 14.2 Å². The monoisotopic (exact) mass is 353 g/mol. The van der Waals surface area contributed by atoms with Gasteiger partial charge in [-0.15, -0.1) is 35.1 Å². The Hall–Kier alpha value is -0.140. The highest BCUT2D eigenvalue weighted by atomic mass is 79.9. The number of thiophene rings is 1. The van der Waals surface area contributed by atoms with Gasteiger partial charge in [0.05, 0.1) is 3.79 Å². The van der Waals surface area contributed by atoms with Crippen molar-refractivity contribution in [1.29, 1.82) is 0 Å². The van der Waals surface area contributed by atoms with Crippen LogP contribution >= 0.6 is 51.0 Å². The molecule has 3 nitrogen and oxygen atoms in total. The molecule has 2 heterocycles. The summed E-state index contributed by atoms with van der Waals surface area (Å²) in [7, 11) is 2.10. The minimum atomic E-state index is 0. The van der Waals surface area contributed by atoms with E-state index in [9.17, 15) is 0 Å². The molecule has 17 heavy (non-hydrogen) atoms. The quantitative estimate of drug-likeness (QED) is 0.912. The van der Waals surface area contributed by atoms with Gasteiger partial charge in [0.2, 0.25) is 0 Å². The highest BCUT2D eigenvalue weighted by Crippen LogP contribution is 2.22. The first kappa shape index (κ1) is 14.9. The van der Waals surface area contributed by atoms with Gasteiger partial charge in [0.15, 0.2) is 5.13 Å². The summed E-state index contributed by atoms with van der Waals surface area (Å²) < 4.78 is 1.18. The van der Waals surface area contributed by atoms with E-state index in [4.69, 9.17) is 5.73 Å². The molecule has 7 heteroatoms. The zero-order valence-corrected chi connectivity index (χ0v) is 13.3. The maximum atomic E-state index is 5.59. The van der Waals surface area contributed by atoms with Crippen molar-refractivity contribution in [3.05, 3.63) is 31.9 Å². The predicted molar refractivity (Wildman–Crippen MR) is 81.0 cm³/mol. The maximum Gasteiger partial charge on any atom is 0.180 e. The van der Waals surface area contributed by atoms with Crippen LogP contribution in [0.15, 0.2) is 21.4 Å². The largest absolute Gasteiger partial charge is 0.375 e. The number of hydrogen-bond donors (Lipinski definition) is 1. The zero-order valence-electron chi connectivity index (χ0n) is 9.22. The van der Waals surface area contributed by atoms with Crippen molar-refractivity contribution in [1.82, 2.24) is 9.88 Å². The lowest BCUT2D eigenvalue weighted by Gasteiger charge is -2.13. The first-order valence-corrected chi connectivity index (χ1v) is 7.24. The molecule has 0 aliphatic rings. The lowest BCUT2D eigenvalue weighted by molar-refractivity contribution is 0.322. The smallest absolute Gasteiger partial charge is 0.180 e. The number of anilines is 1. The van der Waals surface area contributed by atoms with Crippen molar-refractivity contribution in [2.75, 3.05) is 12.8 Å². The van der Waals surface area contributed by atoms with Gasteiger partial charge in [0, 0.05) is 24.2 Å². The van der Waals surface area contributed by atoms with E-state index < -0.39 is 0 Å². The van der Waals surface area contributed by atoms with Gasteiger partial charge in [-0.05, 0) is 40.0 Å². The number of nitrogens with two attached hydrogens (primary N) is 1. The standard InChI is InChI=1S/C10H12BrN3S2.ClH/c1-14(4-7-2-9(11)15-6-7)5-8-3-13-10(12)16-8;/h2-3,6H,4-5H2,1H3,(H2,12,13);1H. The van der Waals surface area contributed by atoms with E-state index in [-0.39, 0.29) is 12.4 Å². The molecule has 0 spiro atoms. The van der Waals surface area contributed by atoms with Crippen LogP contribution in [0.5, 0.6) is 0 Å². The second kappa shape index (κ2) is 6.70. The fourth-order valence-corrected chi connectivity index (χ4v) is 3.42. The van der Waals surface area contributed by atoms with E-state index in [0.717, 1.165) is 13.1 Å². The molecule has 0 saturated heterocycles. The molecule has 2 aromatic heterocycles. The van der Waals surface area contributed by atoms with Crippen molar-refractivity contribution in [3.63, 3.8) is 0 Å². The number of nitrogens with zero attached hydrogens (tertiary/aromatic N) is 2. The molecule has 0 aromatic carbocycles. The summed E-state index contributed by atoms with van der Waals surface area (Å²) in [6.07, 6.45) is 1.85. The van der Waals surface area contributed by atoms with Gasteiger partial charge in [-0.3, -0.25) is 4.90 Å². The molecule has 0 aliphatic carbocycles. The Morgan fingerprint density at radius 3 is 2.76 bits per heavy atom. The van der Waals surface area contributed by atoms with E-state index in [1.807, 2.05) is 6.20 Å². The van der Waals surface area contributed by atoms with Crippen molar-refractivity contribution in [2.24, 2.45) is 0 Å². The van der Waals surface area contributed by atoms with Crippen molar-refractivity contribution >= 4 is 56.1 Å². The number of thiazole rings is 1. The second-order valence-electron chi connectivity index (χ2n) is 3.60. The summed E-state index contributed by atoms with van der Waals surface area (Å²) >= 11 is 6.73. The van der Waals surface area contributed by atoms with Crippen LogP contribution < -0.4 is 5.73 Å². The molecule has 0 aliphatic heterocycles. The fraction of sp³-hybridized carbons (Fsp3) is 0.300. The van der Waals surface area contributed by atoms with Crippen LogP contribution in [-0.4, -0.2) is 16.9 Å². The topological polar surface area (TPSA) is 42.2 Å². The van der Waals surface area contributed by atoms with Crippen molar-refractivity contribution in [3.8, 4) is 0 Å². The molecule has 2 rings (SSSR count). The number of rotatable bonds is 4. The lowest BCUT2D eigenvalue weighted by atomic mass is 10.3. The highest BCUT2D eigenvalue weighted by molar-refractivity contribution is 9.11. The minimum absolute atomic E-state index is 0. The Kier molecular flexibility index (Phi) is 5.88. The van der Waals surface area contributed by atoms with Gasteiger partial charge >= 0.3 is 0 Å². The summed E-state index contributed by atoms with van der Waals surface area (Å²) in [5.41, 5.74) is 6.93. The van der Waals surface area contributed by atoms with Crippen LogP contribution in [0.4, 0.5) is 5.13 Å². The van der Waals surface area contributed by atoms with Crippen LogP contribution in [0.2, 0.25) is 0 Å². The van der Waals surface area contributed by atoms with E-state index >= 15 is 0 Å². The van der Waals surface area contributed by atoms with Crippen molar-refractivity contribution < 1.29 is 0 Å². The van der Waals surface area contributed by atoms with Crippen LogP contribution in [0.3, 0.4) is 0 Å². The molecular weight excluding hydrogens is 342 g/mol. The van der Waals surface area contributed by atoms with E-state index in [0.29, 0.717) is 5.13 Å². The van der Waals surface area contributed by atoms with Gasteiger partial charge in [-0.1, -0.05) is 0 Å². The molecule has 2 aromatic rings. The molecule has 2 N–H and O–H groups in total. The molecule has 94 valence electrons. The summed E-state index contributed by atoms with van der Waals surface area (Å²) in [6, 6.07) is 2.15. The molecule has 0 bridgehead atoms. The van der Waals surface area contributed by atoms with Gasteiger partial charge < -0.3 is 5.73 Å². The predicted octanol–water partition coefficient (Wildman–Crippen LogP) is 3.60. The van der Waals surface area contributed by atoms with Crippen LogP contribution in [0, 0.1) is 0 Å². The number of nitrogen functional groups attached to an aromatic ring is 1. The molecule has 0 atom stereocenters. The summed E-state index contributed by atoms with van der Waals surface area (Å²) in [5, 5.41) is 2.81. The Balaban J connectivity index is 0.00000144. The average Bonchev–Trinajstić information content (AvgIpc) is 2.76. The third kappa shape index (κ3) is 4.56. The maximum absolute atomic E-state index is 5.59. The normalized spacial score (nSPS) is 10.5. The second-order valence-corrected chi connectivity index (χ2v) is 7.03. The van der Waals surface area contributed by atoms with Gasteiger partial charge in [-0.2, -0.15) is 0 Å². The van der Waals surface area contributed by atoms with Crippen LogP contribution in [0.1, 0.15) is 10.4 Å². The first-order chi connectivity index (χ1) is 7.63. The molecule has 0 fully saturated rings. The van der Waals surface area contributed by atoms with Gasteiger partial charge in [0.1, 0.15) is 0 Å². The number of hydrogen-bond acceptors (Lipinski definition) is 5. The van der Waals surface area contributed by atoms with E-state index in [1.54, 1.807) is 22.7 Å². The van der Waals surface area contributed by atoms with Crippen molar-refractivity contribution in [2.45, 2.75) is 13.1 Å². The minimum Gasteiger partial charge on any atom is -0.375 e. The molecule has 0 unspecified atom stereocenters. The molecule has 0 saturated carbocycles. The molecular formula is C10H13BrClN3S2. The molecule has 0 radical (unpaired) electrons. The Bertz CT molecular complexity index is 429. The van der Waals surface area contributed by atoms with Gasteiger partial charge in [-0.25, -0.2) is 4.98 Å². The first-order valence-electron chi connectivity index (χ1n) is 4.75. The lowest BCUT2D eigenvalue weighted by Crippen LogP contribution is -2.15. The van der Waals surface area contributed by atoms with E-state index in [2.05, 4.69) is 44.3 Å². The number of aromatic nitrogens is 1. The van der Waals surface area contributed by atoms with Crippen LogP contribution in [0.25, 0.3) is 0 Å². The SMILES string of the molecule is CN(Cc1csc(Br)c1)Cc1cnc(N)s1.Cl.